The van der Waals surface area contributed by atoms with E-state index in [1.54, 1.807) is 0 Å². The van der Waals surface area contributed by atoms with Gasteiger partial charge in [-0.1, -0.05) is 329 Å². The number of phosphoric acid groups is 1. The van der Waals surface area contributed by atoms with Crippen LogP contribution in [0, 0.1) is 0 Å². The molecule has 0 aromatic carbocycles. The van der Waals surface area contributed by atoms with Gasteiger partial charge in [-0.15, -0.1) is 0 Å². The topological polar surface area (TPSA) is 108 Å². The maximum Gasteiger partial charge on any atom is 0.472 e. The van der Waals surface area contributed by atoms with Crippen molar-refractivity contribution < 1.29 is 42.1 Å². The summed E-state index contributed by atoms with van der Waals surface area (Å²) in [5.74, 6) is -0.799. The number of esters is 2. The minimum Gasteiger partial charge on any atom is -0.462 e. The Labute approximate surface area is 556 Å². The second-order valence-corrected chi connectivity index (χ2v) is 27.8. The van der Waals surface area contributed by atoms with Gasteiger partial charge in [-0.05, 0) is 103 Å². The molecule has 520 valence electrons. The predicted octanol–water partition coefficient (Wildman–Crippen LogP) is 24.8. The van der Waals surface area contributed by atoms with Crippen LogP contribution in [0.25, 0.3) is 0 Å². The first-order valence-corrected chi connectivity index (χ1v) is 39.1. The number of allylic oxidation sites excluding steroid dienone is 18. The van der Waals surface area contributed by atoms with Crippen molar-refractivity contribution in [1.82, 2.24) is 0 Å². The van der Waals surface area contributed by atoms with Gasteiger partial charge < -0.3 is 18.9 Å². The smallest absolute Gasteiger partial charge is 0.462 e. The zero-order chi connectivity index (χ0) is 65.5. The van der Waals surface area contributed by atoms with E-state index in [9.17, 15) is 19.0 Å². The predicted molar refractivity (Wildman–Crippen MR) is 390 cm³/mol. The number of carbonyl (C=O) groups excluding carboxylic acids is 2. The van der Waals surface area contributed by atoms with E-state index in [0.717, 1.165) is 96.3 Å². The van der Waals surface area contributed by atoms with E-state index in [-0.39, 0.29) is 32.0 Å². The first kappa shape index (κ1) is 86.7. The van der Waals surface area contributed by atoms with Gasteiger partial charge in [-0.3, -0.25) is 18.6 Å². The summed E-state index contributed by atoms with van der Waals surface area (Å²) < 4.78 is 34.8. The molecule has 0 heterocycles. The van der Waals surface area contributed by atoms with Crippen LogP contribution < -0.4 is 0 Å². The second kappa shape index (κ2) is 70.0. The molecule has 0 radical (unpaired) electrons. The van der Waals surface area contributed by atoms with E-state index in [4.69, 9.17) is 18.5 Å². The molecule has 9 nitrogen and oxygen atoms in total. The molecule has 2 atom stereocenters. The fourth-order valence-electron chi connectivity index (χ4n) is 10.6. The summed E-state index contributed by atoms with van der Waals surface area (Å²) in [6.45, 7) is 4.33. The fourth-order valence-corrected chi connectivity index (χ4v) is 11.3. The zero-order valence-corrected chi connectivity index (χ0v) is 60.2. The molecule has 0 aliphatic rings. The number of carbonyl (C=O) groups is 2. The number of unbranched alkanes of at least 4 members (excludes halogenated alkanes) is 37. The van der Waals surface area contributed by atoms with E-state index in [1.807, 2.05) is 21.1 Å². The quantitative estimate of drug-likeness (QED) is 0.0211. The minimum absolute atomic E-state index is 0.0267. The van der Waals surface area contributed by atoms with Gasteiger partial charge in [0.25, 0.3) is 0 Å². The van der Waals surface area contributed by atoms with Gasteiger partial charge in [0.05, 0.1) is 27.7 Å². The van der Waals surface area contributed by atoms with Crippen LogP contribution in [0.1, 0.15) is 335 Å². The van der Waals surface area contributed by atoms with Crippen LogP contribution in [0.4, 0.5) is 0 Å². The third-order valence-corrected chi connectivity index (χ3v) is 17.3. The highest BCUT2D eigenvalue weighted by atomic mass is 31.2. The average Bonchev–Trinajstić information content (AvgIpc) is 3.61. The van der Waals surface area contributed by atoms with Gasteiger partial charge >= 0.3 is 19.8 Å². The highest BCUT2D eigenvalue weighted by molar-refractivity contribution is 7.47. The number of likely N-dealkylation sites (N-methyl/N-ethyl adjacent to an activating group) is 1. The van der Waals surface area contributed by atoms with Crippen LogP contribution in [-0.2, 0) is 32.7 Å². The molecule has 0 bridgehead atoms. The van der Waals surface area contributed by atoms with Gasteiger partial charge in [0.1, 0.15) is 19.8 Å². The van der Waals surface area contributed by atoms with Crippen LogP contribution in [-0.4, -0.2) is 74.9 Å². The molecule has 10 heteroatoms. The molecule has 0 aromatic rings. The Balaban J connectivity index is 3.98. The van der Waals surface area contributed by atoms with Crippen LogP contribution in [0.5, 0.6) is 0 Å². The normalized spacial score (nSPS) is 13.7. The van der Waals surface area contributed by atoms with Crippen molar-refractivity contribution in [3.8, 4) is 0 Å². The number of nitrogens with zero attached hydrogens (tertiary/aromatic N) is 1. The molecule has 1 N–H and O–H groups in total. The van der Waals surface area contributed by atoms with Crippen molar-refractivity contribution in [2.45, 2.75) is 341 Å². The lowest BCUT2D eigenvalue weighted by Gasteiger charge is -2.24. The van der Waals surface area contributed by atoms with E-state index < -0.39 is 26.5 Å². The summed E-state index contributed by atoms with van der Waals surface area (Å²) in [6.07, 6.45) is 99.3. The Morgan fingerprint density at radius 2 is 0.633 bits per heavy atom. The van der Waals surface area contributed by atoms with Gasteiger partial charge in [-0.25, -0.2) is 4.57 Å². The molecule has 0 aliphatic carbocycles. The van der Waals surface area contributed by atoms with Gasteiger partial charge in [0.15, 0.2) is 6.10 Å². The SMILES string of the molecule is CC/C=C\C/C=C\C/C=C\C/C=C\C/C=C\C/C=C\CCCCCCCCCCC(=O)OC(COC(=O)CCCCCCCCCCCCCCCCCCCCCCCCCC/C=C\C/C=C\C/C=C\CCCCCCC)COP(=O)(O)OCC[N+](C)(C)C. The Morgan fingerprint density at radius 3 is 0.944 bits per heavy atom. The summed E-state index contributed by atoms with van der Waals surface area (Å²) in [4.78, 5) is 35.9. The Kier molecular flexibility index (Phi) is 67.4. The molecule has 0 aliphatic heterocycles. The van der Waals surface area contributed by atoms with E-state index in [1.165, 1.54) is 205 Å². The van der Waals surface area contributed by atoms with Crippen LogP contribution in [0.15, 0.2) is 109 Å². The highest BCUT2D eigenvalue weighted by Crippen LogP contribution is 2.43. The third kappa shape index (κ3) is 73.7. The van der Waals surface area contributed by atoms with Crippen molar-refractivity contribution in [1.29, 1.82) is 0 Å². The molecule has 0 saturated heterocycles. The Morgan fingerprint density at radius 1 is 0.356 bits per heavy atom. The lowest BCUT2D eigenvalue weighted by atomic mass is 10.0. The standard InChI is InChI=1S/C80H142NO8P/c1-6-8-10-12-14-16-18-20-22-24-26-28-30-32-34-35-36-37-38-39-40-41-42-43-44-45-47-48-50-52-54-56-58-60-62-64-66-68-70-72-79(82)86-76-78(77-88-90(84,85)87-75-74-81(3,4)5)89-80(83)73-71-69-67-65-63-61-59-57-55-53-51-49-46-33-31-29-27-25-23-21-19-17-15-13-11-9-7-2/h9,11,15,17-18,20-21,23-24,26-27,29-30,32-33,46,51,53,78H,6-8,10,12-14,16,19,22,25,28,31,34-45,47-50,52,54-77H2,1-5H3/p+1/b11-9-,17-15-,20-18-,23-21-,26-24-,29-27-,32-30-,46-33-,53-51-. The molecule has 0 fully saturated rings. The number of ether oxygens (including phenoxy) is 2. The molecule has 2 unspecified atom stereocenters. The Bertz CT molecular complexity index is 1890. The van der Waals surface area contributed by atoms with Crippen molar-refractivity contribution in [2.24, 2.45) is 0 Å². The van der Waals surface area contributed by atoms with E-state index >= 15 is 0 Å². The van der Waals surface area contributed by atoms with E-state index in [2.05, 4.69) is 123 Å². The van der Waals surface area contributed by atoms with Crippen LogP contribution in [0.3, 0.4) is 0 Å². The molecule has 0 spiro atoms. The molecule has 90 heavy (non-hydrogen) atoms. The second-order valence-electron chi connectivity index (χ2n) is 26.3. The first-order valence-electron chi connectivity index (χ1n) is 37.6. The van der Waals surface area contributed by atoms with Gasteiger partial charge in [-0.2, -0.15) is 0 Å². The maximum atomic E-state index is 12.9. The van der Waals surface area contributed by atoms with Crippen molar-refractivity contribution >= 4 is 19.8 Å². The van der Waals surface area contributed by atoms with Crippen molar-refractivity contribution in [3.63, 3.8) is 0 Å². The summed E-state index contributed by atoms with van der Waals surface area (Å²) in [6, 6.07) is 0. The van der Waals surface area contributed by atoms with Gasteiger partial charge in [0.2, 0.25) is 0 Å². The van der Waals surface area contributed by atoms with Gasteiger partial charge in [0, 0.05) is 12.8 Å². The molecular weight excluding hydrogens is 1130 g/mol. The largest absolute Gasteiger partial charge is 0.472 e. The number of quaternary nitrogens is 1. The molecular formula is C80H143NO8P+. The molecule has 0 rings (SSSR count). The lowest BCUT2D eigenvalue weighted by Crippen LogP contribution is -2.37. The maximum absolute atomic E-state index is 12.9. The summed E-state index contributed by atoms with van der Waals surface area (Å²) in [5.41, 5.74) is 0. The fraction of sp³-hybridized carbons (Fsp3) is 0.750. The summed E-state index contributed by atoms with van der Waals surface area (Å²) >= 11 is 0. The molecule has 0 amide bonds. The van der Waals surface area contributed by atoms with Crippen molar-refractivity contribution in [2.75, 3.05) is 47.5 Å². The summed E-state index contributed by atoms with van der Waals surface area (Å²) in [5, 5.41) is 0. The average molecular weight is 1280 g/mol. The lowest BCUT2D eigenvalue weighted by molar-refractivity contribution is -0.870. The zero-order valence-electron chi connectivity index (χ0n) is 59.4. The van der Waals surface area contributed by atoms with Crippen LogP contribution >= 0.6 is 7.82 Å². The van der Waals surface area contributed by atoms with Crippen molar-refractivity contribution in [3.05, 3.63) is 109 Å². The van der Waals surface area contributed by atoms with E-state index in [0.29, 0.717) is 17.4 Å². The number of phosphoric ester groups is 1. The molecule has 0 aromatic heterocycles. The molecule has 0 saturated carbocycles. The minimum atomic E-state index is -4.40. The summed E-state index contributed by atoms with van der Waals surface area (Å²) in [7, 11) is 1.47. The monoisotopic (exact) mass is 1280 g/mol. The highest BCUT2D eigenvalue weighted by Gasteiger charge is 2.27. The van der Waals surface area contributed by atoms with Crippen LogP contribution in [0.2, 0.25) is 0 Å². The Hall–Kier alpha value is -3.33. The third-order valence-electron chi connectivity index (χ3n) is 16.3. The first-order chi connectivity index (χ1) is 44.0. The number of hydrogen-bond acceptors (Lipinski definition) is 7. The number of rotatable bonds is 69. The number of hydrogen-bond donors (Lipinski definition) is 1.